The van der Waals surface area contributed by atoms with Crippen molar-refractivity contribution < 1.29 is 9.53 Å². The molecule has 5 nitrogen and oxygen atoms in total. The first-order valence-corrected chi connectivity index (χ1v) is 9.09. The summed E-state index contributed by atoms with van der Waals surface area (Å²) in [6.07, 6.45) is 0.931. The summed E-state index contributed by atoms with van der Waals surface area (Å²) in [4.78, 5) is 11.8. The van der Waals surface area contributed by atoms with Crippen LogP contribution in [0.5, 0.6) is 5.75 Å². The summed E-state index contributed by atoms with van der Waals surface area (Å²) in [6, 6.07) is 15.4. The number of halogens is 1. The minimum atomic E-state index is -0.148. The number of aryl methyl sites for hydroxylation is 1. The number of ether oxygens (including phenoxy) is 1. The van der Waals surface area contributed by atoms with E-state index >= 15 is 0 Å². The average molecular weight is 392 g/mol. The minimum absolute atomic E-state index is 0.148. The van der Waals surface area contributed by atoms with Gasteiger partial charge >= 0.3 is 0 Å². The van der Waals surface area contributed by atoms with Gasteiger partial charge in [-0.15, -0.1) is 0 Å². The molecule has 3 N–H and O–H groups in total. The molecule has 0 spiro atoms. The van der Waals surface area contributed by atoms with Gasteiger partial charge in [0.05, 0.1) is 6.61 Å². The van der Waals surface area contributed by atoms with E-state index < -0.39 is 0 Å². The first kappa shape index (κ1) is 20.0. The highest BCUT2D eigenvalue weighted by atomic mass is 35.5. The number of rotatable bonds is 7. The van der Waals surface area contributed by atoms with Crippen molar-refractivity contribution in [2.24, 2.45) is 0 Å². The van der Waals surface area contributed by atoms with Crippen LogP contribution >= 0.6 is 23.8 Å². The zero-order valence-electron chi connectivity index (χ0n) is 14.5. The quantitative estimate of drug-likeness (QED) is 0.383. The lowest BCUT2D eigenvalue weighted by atomic mass is 10.2. The Hall–Kier alpha value is -2.31. The first-order valence-electron chi connectivity index (χ1n) is 8.30. The van der Waals surface area contributed by atoms with Crippen LogP contribution in [0.1, 0.15) is 24.0 Å². The Balaban J connectivity index is 1.57. The van der Waals surface area contributed by atoms with Gasteiger partial charge in [-0.1, -0.05) is 41.9 Å². The molecule has 0 saturated carbocycles. The highest BCUT2D eigenvalue weighted by molar-refractivity contribution is 7.80. The lowest BCUT2D eigenvalue weighted by molar-refractivity contribution is -0.121. The van der Waals surface area contributed by atoms with Crippen LogP contribution in [-0.2, 0) is 11.3 Å². The van der Waals surface area contributed by atoms with Gasteiger partial charge in [0.15, 0.2) is 5.11 Å². The molecule has 0 saturated heterocycles. The van der Waals surface area contributed by atoms with Crippen LogP contribution in [0.3, 0.4) is 0 Å². The molecule has 0 atom stereocenters. The molecular weight excluding hydrogens is 370 g/mol. The van der Waals surface area contributed by atoms with Gasteiger partial charge in [-0.05, 0) is 54.9 Å². The molecule has 1 amide bonds. The highest BCUT2D eigenvalue weighted by Gasteiger charge is 2.03. The third kappa shape index (κ3) is 7.29. The van der Waals surface area contributed by atoms with Crippen LogP contribution in [0.4, 0.5) is 0 Å². The lowest BCUT2D eigenvalue weighted by Crippen LogP contribution is -2.46. The Kier molecular flexibility index (Phi) is 8.18. The highest BCUT2D eigenvalue weighted by Crippen LogP contribution is 2.21. The van der Waals surface area contributed by atoms with E-state index in [-0.39, 0.29) is 5.91 Å². The van der Waals surface area contributed by atoms with Crippen molar-refractivity contribution in [3.63, 3.8) is 0 Å². The van der Waals surface area contributed by atoms with Crippen molar-refractivity contribution >= 4 is 34.8 Å². The van der Waals surface area contributed by atoms with Gasteiger partial charge in [0.2, 0.25) is 5.91 Å². The number of hydrazine groups is 1. The molecule has 0 aliphatic rings. The second kappa shape index (κ2) is 10.6. The van der Waals surface area contributed by atoms with Gasteiger partial charge < -0.3 is 10.1 Å². The molecule has 0 unspecified atom stereocenters. The van der Waals surface area contributed by atoms with Crippen molar-refractivity contribution in [1.29, 1.82) is 0 Å². The number of thiocarbonyl (C=S) groups is 1. The number of amides is 1. The summed E-state index contributed by atoms with van der Waals surface area (Å²) in [5, 5.41) is 4.10. The van der Waals surface area contributed by atoms with Crippen LogP contribution in [0.25, 0.3) is 0 Å². The molecular formula is C19H22ClN3O2S. The molecule has 2 aromatic carbocycles. The molecule has 2 aromatic rings. The monoisotopic (exact) mass is 391 g/mol. The molecule has 0 aliphatic heterocycles. The molecule has 0 heterocycles. The summed E-state index contributed by atoms with van der Waals surface area (Å²) >= 11 is 11.1. The van der Waals surface area contributed by atoms with Crippen molar-refractivity contribution in [1.82, 2.24) is 16.2 Å². The van der Waals surface area contributed by atoms with E-state index in [9.17, 15) is 4.79 Å². The smallest absolute Gasteiger partial charge is 0.238 e. The fraction of sp³-hybridized carbons (Fsp3) is 0.263. The van der Waals surface area contributed by atoms with Gasteiger partial charge in [0.1, 0.15) is 5.75 Å². The predicted octanol–water partition coefficient (Wildman–Crippen LogP) is 3.50. The Morgan fingerprint density at radius 2 is 1.92 bits per heavy atom. The van der Waals surface area contributed by atoms with Crippen LogP contribution in [0, 0.1) is 6.92 Å². The van der Waals surface area contributed by atoms with E-state index in [1.54, 1.807) is 6.07 Å². The van der Waals surface area contributed by atoms with Gasteiger partial charge in [-0.3, -0.25) is 15.6 Å². The first-order chi connectivity index (χ1) is 12.5. The molecule has 0 radical (unpaired) electrons. The lowest BCUT2D eigenvalue weighted by Gasteiger charge is -2.12. The second-order valence-electron chi connectivity index (χ2n) is 5.70. The SMILES string of the molecule is Cc1cc(OCCCC(=O)NNC(=S)NCc2ccccc2)ccc1Cl. The maximum atomic E-state index is 11.8. The van der Waals surface area contributed by atoms with Crippen LogP contribution in [0.15, 0.2) is 48.5 Å². The van der Waals surface area contributed by atoms with E-state index in [0.29, 0.717) is 36.1 Å². The van der Waals surface area contributed by atoms with Crippen molar-refractivity contribution in [3.8, 4) is 5.75 Å². The summed E-state index contributed by atoms with van der Waals surface area (Å²) in [6.45, 7) is 2.96. The largest absolute Gasteiger partial charge is 0.494 e. The predicted molar refractivity (Wildman–Crippen MR) is 108 cm³/mol. The summed E-state index contributed by atoms with van der Waals surface area (Å²) in [5.41, 5.74) is 7.33. The number of hydrogen-bond donors (Lipinski definition) is 3. The Labute approximate surface area is 164 Å². The number of carbonyl (C=O) groups is 1. The maximum absolute atomic E-state index is 11.8. The minimum Gasteiger partial charge on any atom is -0.494 e. The van der Waals surface area contributed by atoms with Crippen LogP contribution < -0.4 is 20.9 Å². The number of carbonyl (C=O) groups excluding carboxylic acids is 1. The summed E-state index contributed by atoms with van der Waals surface area (Å²) in [7, 11) is 0. The van der Waals surface area contributed by atoms with Gasteiger partial charge in [0, 0.05) is 18.0 Å². The normalized spacial score (nSPS) is 10.1. The van der Waals surface area contributed by atoms with E-state index in [1.165, 1.54) is 0 Å². The Morgan fingerprint density at radius 3 is 2.65 bits per heavy atom. The zero-order chi connectivity index (χ0) is 18.8. The Bertz CT molecular complexity index is 741. The number of benzene rings is 2. The van der Waals surface area contributed by atoms with Gasteiger partial charge in [-0.25, -0.2) is 0 Å². The van der Waals surface area contributed by atoms with E-state index in [0.717, 1.165) is 16.9 Å². The molecule has 26 heavy (non-hydrogen) atoms. The van der Waals surface area contributed by atoms with Crippen LogP contribution in [0.2, 0.25) is 5.02 Å². The van der Waals surface area contributed by atoms with E-state index in [4.69, 9.17) is 28.6 Å². The third-order valence-corrected chi connectivity index (χ3v) is 4.23. The molecule has 7 heteroatoms. The third-order valence-electron chi connectivity index (χ3n) is 3.56. The molecule has 138 valence electrons. The van der Waals surface area contributed by atoms with Crippen molar-refractivity contribution in [3.05, 3.63) is 64.7 Å². The number of hydrogen-bond acceptors (Lipinski definition) is 3. The van der Waals surface area contributed by atoms with Crippen LogP contribution in [-0.4, -0.2) is 17.6 Å². The van der Waals surface area contributed by atoms with Crippen molar-refractivity contribution in [2.45, 2.75) is 26.3 Å². The second-order valence-corrected chi connectivity index (χ2v) is 6.52. The van der Waals surface area contributed by atoms with E-state index in [1.807, 2.05) is 49.4 Å². The fourth-order valence-electron chi connectivity index (χ4n) is 2.14. The van der Waals surface area contributed by atoms with Gasteiger partial charge in [-0.2, -0.15) is 0 Å². The molecule has 0 aliphatic carbocycles. The molecule has 0 aromatic heterocycles. The number of nitrogens with one attached hydrogen (secondary N) is 3. The zero-order valence-corrected chi connectivity index (χ0v) is 16.1. The average Bonchev–Trinajstić information content (AvgIpc) is 2.65. The molecule has 0 fully saturated rings. The van der Waals surface area contributed by atoms with Crippen molar-refractivity contribution in [2.75, 3.05) is 6.61 Å². The summed E-state index contributed by atoms with van der Waals surface area (Å²) in [5.74, 6) is 0.599. The topological polar surface area (TPSA) is 62.4 Å². The summed E-state index contributed by atoms with van der Waals surface area (Å²) < 4.78 is 5.61. The standard InChI is InChI=1S/C19H22ClN3O2S/c1-14-12-16(9-10-17(14)20)25-11-5-8-18(24)22-23-19(26)21-13-15-6-3-2-4-7-15/h2-4,6-7,9-10,12H,5,8,11,13H2,1H3,(H,22,24)(H2,21,23,26). The fourth-order valence-corrected chi connectivity index (χ4v) is 2.38. The molecule has 2 rings (SSSR count). The van der Waals surface area contributed by atoms with E-state index in [2.05, 4.69) is 16.2 Å². The molecule has 0 bridgehead atoms. The Morgan fingerprint density at radius 1 is 1.15 bits per heavy atom. The van der Waals surface area contributed by atoms with Gasteiger partial charge in [0.25, 0.3) is 0 Å². The maximum Gasteiger partial charge on any atom is 0.238 e.